The first kappa shape index (κ1) is 14.3. The van der Waals surface area contributed by atoms with Crippen LogP contribution < -0.4 is 5.32 Å². The summed E-state index contributed by atoms with van der Waals surface area (Å²) in [6.45, 7) is 2.00. The summed E-state index contributed by atoms with van der Waals surface area (Å²) in [5.74, 6) is 0. The predicted molar refractivity (Wildman–Crippen MR) is 82.2 cm³/mol. The molecule has 0 spiro atoms. The van der Waals surface area contributed by atoms with Gasteiger partial charge in [0.05, 0.1) is 11.0 Å². The molecule has 0 amide bonds. The molecule has 19 heavy (non-hydrogen) atoms. The summed E-state index contributed by atoms with van der Waals surface area (Å²) in [6.07, 6.45) is 0. The van der Waals surface area contributed by atoms with Crippen molar-refractivity contribution >= 4 is 50.2 Å². The minimum atomic E-state index is -0.486. The molecule has 0 bridgehead atoms. The van der Waals surface area contributed by atoms with E-state index in [9.17, 15) is 10.1 Å². The highest BCUT2D eigenvalue weighted by Gasteiger charge is 2.14. The molecule has 1 unspecified atom stereocenters. The SMILES string of the molecule is CC(Nc1ccc(Cl)c([N+](=O)[O-])c1)c1cc(Br)cs1. The van der Waals surface area contributed by atoms with Gasteiger partial charge in [-0.05, 0) is 41.1 Å². The Labute approximate surface area is 127 Å². The molecular weight excluding hydrogens is 352 g/mol. The number of halogens is 2. The average Bonchev–Trinajstić information content (AvgIpc) is 2.78. The van der Waals surface area contributed by atoms with Crippen molar-refractivity contribution in [2.45, 2.75) is 13.0 Å². The van der Waals surface area contributed by atoms with Crippen LogP contribution in [0.5, 0.6) is 0 Å². The molecule has 2 rings (SSSR count). The van der Waals surface area contributed by atoms with Crippen molar-refractivity contribution in [3.05, 3.63) is 54.1 Å². The first-order valence-corrected chi connectivity index (χ1v) is 7.47. The Morgan fingerprint density at radius 3 is 2.79 bits per heavy atom. The Hall–Kier alpha value is -1.11. The third-order valence-electron chi connectivity index (χ3n) is 2.54. The molecule has 1 aromatic heterocycles. The lowest BCUT2D eigenvalue weighted by Gasteiger charge is -2.13. The second kappa shape index (κ2) is 5.90. The van der Waals surface area contributed by atoms with E-state index in [1.54, 1.807) is 17.4 Å². The highest BCUT2D eigenvalue weighted by Crippen LogP contribution is 2.31. The van der Waals surface area contributed by atoms with Gasteiger partial charge in [-0.1, -0.05) is 11.6 Å². The van der Waals surface area contributed by atoms with E-state index in [0.29, 0.717) is 5.69 Å². The number of anilines is 1. The van der Waals surface area contributed by atoms with E-state index < -0.39 is 4.92 Å². The van der Waals surface area contributed by atoms with Crippen LogP contribution in [-0.4, -0.2) is 4.92 Å². The monoisotopic (exact) mass is 360 g/mol. The molecule has 0 fully saturated rings. The van der Waals surface area contributed by atoms with E-state index in [4.69, 9.17) is 11.6 Å². The zero-order valence-electron chi connectivity index (χ0n) is 9.89. The first-order chi connectivity index (χ1) is 8.97. The summed E-state index contributed by atoms with van der Waals surface area (Å²) in [5.41, 5.74) is 0.583. The maximum Gasteiger partial charge on any atom is 0.289 e. The molecular formula is C12H10BrClN2O2S. The minimum Gasteiger partial charge on any atom is -0.377 e. The van der Waals surface area contributed by atoms with E-state index >= 15 is 0 Å². The third kappa shape index (κ3) is 3.46. The number of hydrogen-bond acceptors (Lipinski definition) is 4. The van der Waals surface area contributed by atoms with E-state index in [1.807, 2.05) is 18.4 Å². The summed E-state index contributed by atoms with van der Waals surface area (Å²) < 4.78 is 1.03. The lowest BCUT2D eigenvalue weighted by molar-refractivity contribution is -0.384. The van der Waals surface area contributed by atoms with Gasteiger partial charge < -0.3 is 5.32 Å². The molecule has 1 aromatic carbocycles. The summed E-state index contributed by atoms with van der Waals surface area (Å²) in [7, 11) is 0. The summed E-state index contributed by atoms with van der Waals surface area (Å²) in [5, 5.41) is 16.2. The molecule has 4 nitrogen and oxygen atoms in total. The van der Waals surface area contributed by atoms with E-state index in [-0.39, 0.29) is 16.8 Å². The largest absolute Gasteiger partial charge is 0.377 e. The van der Waals surface area contributed by atoms with Gasteiger partial charge in [0.15, 0.2) is 0 Å². The second-order valence-electron chi connectivity index (χ2n) is 3.96. The zero-order chi connectivity index (χ0) is 14.0. The van der Waals surface area contributed by atoms with Crippen molar-refractivity contribution < 1.29 is 4.92 Å². The van der Waals surface area contributed by atoms with Crippen molar-refractivity contribution in [2.75, 3.05) is 5.32 Å². The summed E-state index contributed by atoms with van der Waals surface area (Å²) in [6, 6.07) is 6.79. The lowest BCUT2D eigenvalue weighted by atomic mass is 10.2. The van der Waals surface area contributed by atoms with Crippen LogP contribution in [0.15, 0.2) is 34.1 Å². The highest BCUT2D eigenvalue weighted by atomic mass is 79.9. The van der Waals surface area contributed by atoms with Crippen LogP contribution in [0.1, 0.15) is 17.8 Å². The van der Waals surface area contributed by atoms with Gasteiger partial charge in [0.2, 0.25) is 0 Å². The molecule has 7 heteroatoms. The average molecular weight is 362 g/mol. The fourth-order valence-electron chi connectivity index (χ4n) is 1.62. The molecule has 1 N–H and O–H groups in total. The lowest BCUT2D eigenvalue weighted by Crippen LogP contribution is -2.05. The van der Waals surface area contributed by atoms with Crippen molar-refractivity contribution in [2.24, 2.45) is 0 Å². The molecule has 2 aromatic rings. The van der Waals surface area contributed by atoms with Crippen molar-refractivity contribution in [3.8, 4) is 0 Å². The predicted octanol–water partition coefficient (Wildman–Crippen LogP) is 5.25. The van der Waals surface area contributed by atoms with Crippen LogP contribution in [0, 0.1) is 10.1 Å². The van der Waals surface area contributed by atoms with Crippen LogP contribution >= 0.6 is 38.9 Å². The van der Waals surface area contributed by atoms with Gasteiger partial charge in [0.25, 0.3) is 5.69 Å². The van der Waals surface area contributed by atoms with Gasteiger partial charge in [-0.3, -0.25) is 10.1 Å². The van der Waals surface area contributed by atoms with Crippen molar-refractivity contribution in [3.63, 3.8) is 0 Å². The zero-order valence-corrected chi connectivity index (χ0v) is 13.1. The standard InChI is InChI=1S/C12H10BrClN2O2S/c1-7(12-4-8(13)6-19-12)15-9-2-3-10(14)11(5-9)16(17)18/h2-7,15H,1H3. The van der Waals surface area contributed by atoms with E-state index in [2.05, 4.69) is 21.2 Å². The van der Waals surface area contributed by atoms with Gasteiger partial charge in [0.1, 0.15) is 5.02 Å². The van der Waals surface area contributed by atoms with Gasteiger partial charge >= 0.3 is 0 Å². The van der Waals surface area contributed by atoms with Crippen LogP contribution in [0.3, 0.4) is 0 Å². The Balaban J connectivity index is 2.19. The smallest absolute Gasteiger partial charge is 0.289 e. The number of nitro groups is 1. The molecule has 1 atom stereocenters. The molecule has 0 aliphatic carbocycles. The van der Waals surface area contributed by atoms with Crippen LogP contribution in [0.2, 0.25) is 5.02 Å². The Morgan fingerprint density at radius 1 is 1.47 bits per heavy atom. The van der Waals surface area contributed by atoms with Gasteiger partial charge in [0, 0.05) is 26.5 Å². The number of benzene rings is 1. The number of hydrogen-bond donors (Lipinski definition) is 1. The fourth-order valence-corrected chi connectivity index (χ4v) is 3.26. The number of thiophene rings is 1. The molecule has 0 saturated heterocycles. The fraction of sp³-hybridized carbons (Fsp3) is 0.167. The normalized spacial score (nSPS) is 12.2. The third-order valence-corrected chi connectivity index (χ3v) is 4.74. The Morgan fingerprint density at radius 2 is 2.21 bits per heavy atom. The molecule has 100 valence electrons. The van der Waals surface area contributed by atoms with Crippen LogP contribution in [0.4, 0.5) is 11.4 Å². The van der Waals surface area contributed by atoms with Crippen molar-refractivity contribution in [1.82, 2.24) is 0 Å². The first-order valence-electron chi connectivity index (χ1n) is 5.42. The number of nitro benzene ring substituents is 1. The molecule has 0 aliphatic rings. The molecule has 0 saturated carbocycles. The number of nitrogens with one attached hydrogen (secondary N) is 1. The topological polar surface area (TPSA) is 55.2 Å². The summed E-state index contributed by atoms with van der Waals surface area (Å²) >= 11 is 10.8. The number of nitrogens with zero attached hydrogens (tertiary/aromatic N) is 1. The quantitative estimate of drug-likeness (QED) is 0.598. The molecule has 1 heterocycles. The Kier molecular flexibility index (Phi) is 4.44. The van der Waals surface area contributed by atoms with Gasteiger partial charge in [-0.25, -0.2) is 0 Å². The maximum atomic E-state index is 10.8. The van der Waals surface area contributed by atoms with Gasteiger partial charge in [-0.2, -0.15) is 0 Å². The van der Waals surface area contributed by atoms with Crippen LogP contribution in [-0.2, 0) is 0 Å². The summed E-state index contributed by atoms with van der Waals surface area (Å²) in [4.78, 5) is 11.5. The highest BCUT2D eigenvalue weighted by molar-refractivity contribution is 9.10. The van der Waals surface area contributed by atoms with Gasteiger partial charge in [-0.15, -0.1) is 11.3 Å². The van der Waals surface area contributed by atoms with Crippen molar-refractivity contribution in [1.29, 1.82) is 0 Å². The molecule has 0 aliphatic heterocycles. The van der Waals surface area contributed by atoms with E-state index in [0.717, 1.165) is 9.35 Å². The second-order valence-corrected chi connectivity index (χ2v) is 6.22. The molecule has 0 radical (unpaired) electrons. The Bertz CT molecular complexity index is 618. The maximum absolute atomic E-state index is 10.8. The minimum absolute atomic E-state index is 0.0667. The van der Waals surface area contributed by atoms with Crippen LogP contribution in [0.25, 0.3) is 0 Å². The van der Waals surface area contributed by atoms with E-state index in [1.165, 1.54) is 12.1 Å². The number of rotatable bonds is 4.